The molecular weight excluding hydrogens is 466 g/mol. The van der Waals surface area contributed by atoms with Crippen LogP contribution in [0.3, 0.4) is 0 Å². The first-order valence-corrected chi connectivity index (χ1v) is 12.9. The predicted molar refractivity (Wildman–Crippen MR) is 142 cm³/mol. The van der Waals surface area contributed by atoms with Gasteiger partial charge in [0.1, 0.15) is 6.04 Å². The molecule has 2 atom stereocenters. The summed E-state index contributed by atoms with van der Waals surface area (Å²) in [5.41, 5.74) is 5.87. The molecule has 9 heteroatoms. The minimum Gasteiger partial charge on any atom is -0.347 e. The molecule has 2 unspecified atom stereocenters. The van der Waals surface area contributed by atoms with E-state index < -0.39 is 6.04 Å². The Morgan fingerprint density at radius 1 is 1.05 bits per heavy atom. The normalized spacial score (nSPS) is 17.0. The molecule has 0 bridgehead atoms. The lowest BCUT2D eigenvalue weighted by Crippen LogP contribution is -2.42. The fourth-order valence-corrected chi connectivity index (χ4v) is 5.47. The first-order valence-electron chi connectivity index (χ1n) is 12.9. The summed E-state index contributed by atoms with van der Waals surface area (Å²) in [7, 11) is 3.51. The molecule has 1 amide bonds. The van der Waals surface area contributed by atoms with Crippen LogP contribution in [0.1, 0.15) is 62.0 Å². The zero-order chi connectivity index (χ0) is 26.1. The molecule has 4 aromatic rings. The van der Waals surface area contributed by atoms with Crippen molar-refractivity contribution in [2.45, 2.75) is 58.0 Å². The van der Waals surface area contributed by atoms with Gasteiger partial charge in [-0.1, -0.05) is 61.9 Å². The van der Waals surface area contributed by atoms with Crippen LogP contribution in [0.2, 0.25) is 0 Å². The van der Waals surface area contributed by atoms with Crippen LogP contribution in [0.25, 0.3) is 22.5 Å². The lowest BCUT2D eigenvalue weighted by molar-refractivity contribution is -0.133. The average molecular weight is 500 g/mol. The van der Waals surface area contributed by atoms with Gasteiger partial charge in [0.2, 0.25) is 5.91 Å². The Kier molecular flexibility index (Phi) is 6.78. The standard InChI is InChI=1S/C28H33N7O2/c1-5-8-24-23(27(36)35-25(28(37)33(3)4)16-11-18(2)34(24)35)17-19-12-14-20(15-13-19)21-9-6-7-10-22(21)26-29-31-32-30-26/h6-7,9-10,12-15,18,25H,5,8,11,16-17H2,1-4H3,(H,29,30,31,32). The fourth-order valence-electron chi connectivity index (χ4n) is 5.47. The third kappa shape index (κ3) is 4.50. The number of amides is 1. The Labute approximate surface area is 216 Å². The van der Waals surface area contributed by atoms with Crippen LogP contribution in [0.5, 0.6) is 0 Å². The number of carbonyl (C=O) groups is 1. The molecule has 192 valence electrons. The highest BCUT2D eigenvalue weighted by Gasteiger charge is 2.35. The summed E-state index contributed by atoms with van der Waals surface area (Å²) in [4.78, 5) is 28.4. The molecule has 0 saturated heterocycles. The van der Waals surface area contributed by atoms with Gasteiger partial charge in [0.05, 0.1) is 0 Å². The van der Waals surface area contributed by atoms with Gasteiger partial charge in [0.25, 0.3) is 5.56 Å². The number of nitrogens with zero attached hydrogens (tertiary/aromatic N) is 6. The molecule has 9 nitrogen and oxygen atoms in total. The van der Waals surface area contributed by atoms with Crippen molar-refractivity contribution in [2.75, 3.05) is 14.1 Å². The maximum Gasteiger partial charge on any atom is 0.271 e. The molecule has 2 aromatic heterocycles. The van der Waals surface area contributed by atoms with Crippen molar-refractivity contribution in [3.05, 3.63) is 75.7 Å². The lowest BCUT2D eigenvalue weighted by Gasteiger charge is -2.33. The molecule has 2 aromatic carbocycles. The number of benzene rings is 2. The third-order valence-corrected chi connectivity index (χ3v) is 7.28. The smallest absolute Gasteiger partial charge is 0.271 e. The Hall–Kier alpha value is -4.01. The van der Waals surface area contributed by atoms with Crippen molar-refractivity contribution in [1.82, 2.24) is 34.9 Å². The highest BCUT2D eigenvalue weighted by Crippen LogP contribution is 2.33. The lowest BCUT2D eigenvalue weighted by atomic mass is 9.96. The largest absolute Gasteiger partial charge is 0.347 e. The molecule has 3 heterocycles. The second kappa shape index (κ2) is 10.2. The number of H-pyrrole nitrogens is 1. The van der Waals surface area contributed by atoms with Gasteiger partial charge in [-0.2, -0.15) is 0 Å². The van der Waals surface area contributed by atoms with Gasteiger partial charge in [-0.05, 0) is 53.3 Å². The summed E-state index contributed by atoms with van der Waals surface area (Å²) in [5, 5.41) is 14.3. The van der Waals surface area contributed by atoms with E-state index in [-0.39, 0.29) is 17.5 Å². The fraction of sp³-hybridized carbons (Fsp3) is 0.393. The van der Waals surface area contributed by atoms with E-state index in [2.05, 4.69) is 63.4 Å². The second-order valence-electron chi connectivity index (χ2n) is 10.0. The quantitative estimate of drug-likeness (QED) is 0.414. The van der Waals surface area contributed by atoms with Gasteiger partial charge < -0.3 is 4.90 Å². The number of hydrogen-bond acceptors (Lipinski definition) is 5. The van der Waals surface area contributed by atoms with Crippen LogP contribution >= 0.6 is 0 Å². The highest BCUT2D eigenvalue weighted by molar-refractivity contribution is 5.81. The van der Waals surface area contributed by atoms with E-state index in [9.17, 15) is 9.59 Å². The van der Waals surface area contributed by atoms with Crippen molar-refractivity contribution >= 4 is 5.91 Å². The molecule has 0 spiro atoms. The van der Waals surface area contributed by atoms with Crippen LogP contribution in [0, 0.1) is 0 Å². The van der Waals surface area contributed by atoms with Crippen molar-refractivity contribution in [1.29, 1.82) is 0 Å². The number of nitrogens with one attached hydrogen (secondary N) is 1. The van der Waals surface area contributed by atoms with E-state index in [1.165, 1.54) is 0 Å². The van der Waals surface area contributed by atoms with Crippen LogP contribution in [-0.4, -0.2) is 54.9 Å². The molecule has 5 rings (SSSR count). The summed E-state index contributed by atoms with van der Waals surface area (Å²) in [5.74, 6) is 0.597. The van der Waals surface area contributed by atoms with E-state index in [1.807, 2.05) is 24.3 Å². The summed E-state index contributed by atoms with van der Waals surface area (Å²) in [6.07, 6.45) is 3.83. The number of tetrazole rings is 1. The van der Waals surface area contributed by atoms with Gasteiger partial charge in [0.15, 0.2) is 5.82 Å². The predicted octanol–water partition coefficient (Wildman–Crippen LogP) is 4.02. The Morgan fingerprint density at radius 2 is 1.78 bits per heavy atom. The van der Waals surface area contributed by atoms with Gasteiger partial charge in [-0.15, -0.1) is 5.10 Å². The van der Waals surface area contributed by atoms with Crippen molar-refractivity contribution in [3.63, 3.8) is 0 Å². The minimum atomic E-state index is -0.451. The summed E-state index contributed by atoms with van der Waals surface area (Å²) in [6.45, 7) is 4.27. The van der Waals surface area contributed by atoms with E-state index in [4.69, 9.17) is 0 Å². The second-order valence-corrected chi connectivity index (χ2v) is 10.0. The number of carbonyl (C=O) groups excluding carboxylic acids is 1. The van der Waals surface area contributed by atoms with Crippen LogP contribution in [0.15, 0.2) is 53.3 Å². The Bertz CT molecular complexity index is 1450. The average Bonchev–Trinajstić information content (AvgIpc) is 3.53. The van der Waals surface area contributed by atoms with Gasteiger partial charge in [-0.3, -0.25) is 14.3 Å². The van der Waals surface area contributed by atoms with Gasteiger partial charge in [-0.25, -0.2) is 9.78 Å². The molecular formula is C28H33N7O2. The Morgan fingerprint density at radius 3 is 2.43 bits per heavy atom. The van der Waals surface area contributed by atoms with Crippen LogP contribution in [-0.2, 0) is 17.6 Å². The first-order chi connectivity index (χ1) is 17.9. The molecule has 1 N–H and O–H groups in total. The molecule has 37 heavy (non-hydrogen) atoms. The van der Waals surface area contributed by atoms with Crippen LogP contribution < -0.4 is 5.56 Å². The van der Waals surface area contributed by atoms with Crippen molar-refractivity contribution < 1.29 is 4.79 Å². The zero-order valence-electron chi connectivity index (χ0n) is 21.8. The summed E-state index contributed by atoms with van der Waals surface area (Å²) < 4.78 is 3.86. The number of hydrogen-bond donors (Lipinski definition) is 1. The van der Waals surface area contributed by atoms with E-state index in [0.29, 0.717) is 18.7 Å². The maximum absolute atomic E-state index is 13.8. The van der Waals surface area contributed by atoms with Crippen molar-refractivity contribution in [3.8, 4) is 22.5 Å². The number of fused-ring (bicyclic) bond motifs is 1. The highest BCUT2D eigenvalue weighted by atomic mass is 16.2. The summed E-state index contributed by atoms with van der Waals surface area (Å²) >= 11 is 0. The number of likely N-dealkylation sites (N-methyl/N-ethyl adjacent to an activating group) is 1. The molecule has 0 radical (unpaired) electrons. The van der Waals surface area contributed by atoms with Gasteiger partial charge >= 0.3 is 0 Å². The minimum absolute atomic E-state index is 0.0210. The Balaban J connectivity index is 1.51. The maximum atomic E-state index is 13.8. The van der Waals surface area contributed by atoms with Crippen molar-refractivity contribution in [2.24, 2.45) is 0 Å². The van der Waals surface area contributed by atoms with Crippen LogP contribution in [0.4, 0.5) is 0 Å². The van der Waals surface area contributed by atoms with Gasteiger partial charge in [0, 0.05) is 43.4 Å². The number of rotatable bonds is 7. The molecule has 0 saturated carbocycles. The summed E-state index contributed by atoms with van der Waals surface area (Å²) in [6, 6.07) is 16.0. The van der Waals surface area contributed by atoms with E-state index >= 15 is 0 Å². The number of aromatic nitrogens is 6. The monoisotopic (exact) mass is 499 g/mol. The molecule has 0 aliphatic carbocycles. The first kappa shape index (κ1) is 24.7. The zero-order valence-corrected chi connectivity index (χ0v) is 21.8. The SMILES string of the molecule is CCCc1c(Cc2ccc(-c3ccccc3-c3nnn[nH]3)cc2)c(=O)n2n1C(C)CCC2C(=O)N(C)C. The molecule has 0 fully saturated rings. The molecule has 1 aliphatic heterocycles. The van der Waals surface area contributed by atoms with E-state index in [1.54, 1.807) is 23.7 Å². The van der Waals surface area contributed by atoms with E-state index in [0.717, 1.165) is 52.8 Å². The third-order valence-electron chi connectivity index (χ3n) is 7.28. The molecule has 1 aliphatic rings. The number of aromatic amines is 1. The topological polar surface area (TPSA) is 102 Å².